The van der Waals surface area contributed by atoms with Gasteiger partial charge in [-0.1, -0.05) is 0 Å². The second-order valence-electron chi connectivity index (χ2n) is 1.38. The maximum absolute atomic E-state index is 5.13. The van der Waals surface area contributed by atoms with Gasteiger partial charge in [0.15, 0.2) is 0 Å². The third-order valence-corrected chi connectivity index (χ3v) is 0.706. The van der Waals surface area contributed by atoms with Crippen molar-refractivity contribution in [3.05, 3.63) is 11.9 Å². The molecule has 0 aromatic rings. The molecule has 0 rings (SSSR count). The van der Waals surface area contributed by atoms with E-state index >= 15 is 0 Å². The lowest BCUT2D eigenvalue weighted by Gasteiger charge is -1.97. The maximum atomic E-state index is 5.13. The summed E-state index contributed by atoms with van der Waals surface area (Å²) in [5.74, 6) is 0. The quantitative estimate of drug-likeness (QED) is 0.527. The summed E-state index contributed by atoms with van der Waals surface area (Å²) >= 11 is 0. The molecular formula is C5H12N2. The third kappa shape index (κ3) is 3.16. The fraction of sp³-hybridized carbons (Fsp3) is 0.600. The molecule has 0 aliphatic rings. The van der Waals surface area contributed by atoms with Gasteiger partial charge in [-0.25, -0.2) is 0 Å². The minimum atomic E-state index is 0.944. The number of nitrogens with two attached hydrogens (primary N) is 1. The van der Waals surface area contributed by atoms with Crippen LogP contribution in [0.3, 0.4) is 0 Å². The topological polar surface area (TPSA) is 38.0 Å². The number of nitrogens with one attached hydrogen (secondary N) is 1. The average molecular weight is 100 g/mol. The Balaban J connectivity index is 3.17. The lowest BCUT2D eigenvalue weighted by Crippen LogP contribution is -2.10. The molecule has 0 aromatic carbocycles. The largest absolute Gasteiger partial charge is 0.403 e. The highest BCUT2D eigenvalue weighted by Gasteiger charge is 1.75. The Bertz CT molecular complexity index is 66.5. The highest BCUT2D eigenvalue weighted by molar-refractivity contribution is 4.90. The van der Waals surface area contributed by atoms with Gasteiger partial charge in [-0.2, -0.15) is 0 Å². The predicted octanol–water partition coefficient (Wildman–Crippen LogP) is 0.416. The van der Waals surface area contributed by atoms with Gasteiger partial charge in [0, 0.05) is 18.4 Å². The summed E-state index contributed by atoms with van der Waals surface area (Å²) in [6.07, 6.45) is 1.56. The van der Waals surface area contributed by atoms with E-state index in [4.69, 9.17) is 5.73 Å². The van der Waals surface area contributed by atoms with Crippen molar-refractivity contribution in [2.45, 2.75) is 13.8 Å². The zero-order valence-corrected chi connectivity index (χ0v) is 4.86. The van der Waals surface area contributed by atoms with E-state index in [9.17, 15) is 0 Å². The Hall–Kier alpha value is -0.660. The fourth-order valence-corrected chi connectivity index (χ4v) is 0.338. The first-order valence-electron chi connectivity index (χ1n) is 2.43. The van der Waals surface area contributed by atoms with Crippen LogP contribution in [0.2, 0.25) is 0 Å². The molecule has 42 valence electrons. The number of hydrogen-bond acceptors (Lipinski definition) is 2. The van der Waals surface area contributed by atoms with Crippen molar-refractivity contribution in [1.82, 2.24) is 5.32 Å². The Morgan fingerprint density at radius 3 is 2.57 bits per heavy atom. The molecule has 0 aromatic heterocycles. The number of rotatable bonds is 2. The van der Waals surface area contributed by atoms with Gasteiger partial charge in [0.25, 0.3) is 0 Å². The second kappa shape index (κ2) is 3.53. The molecule has 0 unspecified atom stereocenters. The smallest absolute Gasteiger partial charge is 0.0232 e. The summed E-state index contributed by atoms with van der Waals surface area (Å²) in [7, 11) is 0. The molecule has 0 bridgehead atoms. The summed E-state index contributed by atoms with van der Waals surface area (Å²) in [5.41, 5.74) is 6.16. The summed E-state index contributed by atoms with van der Waals surface area (Å²) < 4.78 is 0. The van der Waals surface area contributed by atoms with Crippen LogP contribution in [-0.4, -0.2) is 6.54 Å². The number of allylic oxidation sites excluding steroid dienone is 1. The van der Waals surface area contributed by atoms with Crippen molar-refractivity contribution in [2.75, 3.05) is 6.54 Å². The monoisotopic (exact) mass is 100 g/mol. The van der Waals surface area contributed by atoms with Crippen LogP contribution >= 0.6 is 0 Å². The van der Waals surface area contributed by atoms with Crippen molar-refractivity contribution in [3.63, 3.8) is 0 Å². The molecule has 0 saturated heterocycles. The van der Waals surface area contributed by atoms with E-state index in [0.717, 1.165) is 12.2 Å². The van der Waals surface area contributed by atoms with Crippen molar-refractivity contribution < 1.29 is 0 Å². The molecule has 3 N–H and O–H groups in total. The van der Waals surface area contributed by atoms with Gasteiger partial charge in [-0.15, -0.1) is 0 Å². The lowest BCUT2D eigenvalue weighted by atomic mass is 10.5. The fourth-order valence-electron chi connectivity index (χ4n) is 0.338. The van der Waals surface area contributed by atoms with Gasteiger partial charge >= 0.3 is 0 Å². The standard InChI is InChI=1S/C5H12N2/c1-3-7-5(2)4-6/h4,7H,3,6H2,1-2H3/b5-4-. The van der Waals surface area contributed by atoms with Crippen LogP contribution in [0, 0.1) is 0 Å². The molecule has 0 saturated carbocycles. The van der Waals surface area contributed by atoms with Crippen molar-refractivity contribution in [1.29, 1.82) is 0 Å². The highest BCUT2D eigenvalue weighted by Crippen LogP contribution is 1.76. The first-order valence-corrected chi connectivity index (χ1v) is 2.43. The predicted molar refractivity (Wildman–Crippen MR) is 31.6 cm³/mol. The molecule has 0 fully saturated rings. The summed E-state index contributed by atoms with van der Waals surface area (Å²) in [5, 5.41) is 3.03. The first kappa shape index (κ1) is 6.34. The van der Waals surface area contributed by atoms with Crippen LogP contribution in [0.5, 0.6) is 0 Å². The minimum absolute atomic E-state index is 0.944. The molecule has 0 radical (unpaired) electrons. The van der Waals surface area contributed by atoms with Crippen LogP contribution < -0.4 is 11.1 Å². The van der Waals surface area contributed by atoms with E-state index < -0.39 is 0 Å². The zero-order valence-electron chi connectivity index (χ0n) is 4.86. The van der Waals surface area contributed by atoms with E-state index in [1.54, 1.807) is 6.20 Å². The molecule has 0 aliphatic heterocycles. The van der Waals surface area contributed by atoms with E-state index in [1.165, 1.54) is 0 Å². The molecule has 0 heterocycles. The third-order valence-electron chi connectivity index (χ3n) is 0.706. The van der Waals surface area contributed by atoms with Gasteiger partial charge in [-0.3, -0.25) is 0 Å². The first-order chi connectivity index (χ1) is 3.31. The van der Waals surface area contributed by atoms with Gasteiger partial charge < -0.3 is 11.1 Å². The Morgan fingerprint density at radius 1 is 1.86 bits per heavy atom. The van der Waals surface area contributed by atoms with Gasteiger partial charge in [0.2, 0.25) is 0 Å². The molecule has 0 aliphatic carbocycles. The SMILES string of the molecule is CCN/C(C)=C\N. The van der Waals surface area contributed by atoms with Crippen molar-refractivity contribution >= 4 is 0 Å². The van der Waals surface area contributed by atoms with Crippen LogP contribution in [0.1, 0.15) is 13.8 Å². The minimum Gasteiger partial charge on any atom is -0.403 e. The summed E-state index contributed by atoms with van der Waals surface area (Å²) in [6, 6.07) is 0. The van der Waals surface area contributed by atoms with Crippen molar-refractivity contribution in [2.24, 2.45) is 5.73 Å². The number of hydrogen-bond donors (Lipinski definition) is 2. The second-order valence-corrected chi connectivity index (χ2v) is 1.38. The molecule has 0 spiro atoms. The Kier molecular flexibility index (Phi) is 3.19. The Morgan fingerprint density at radius 2 is 2.43 bits per heavy atom. The van der Waals surface area contributed by atoms with Crippen LogP contribution in [0.25, 0.3) is 0 Å². The Labute approximate surface area is 44.4 Å². The lowest BCUT2D eigenvalue weighted by molar-refractivity contribution is 0.850. The molecular weight excluding hydrogens is 88.1 g/mol. The zero-order chi connectivity index (χ0) is 5.70. The van der Waals surface area contributed by atoms with E-state index in [2.05, 4.69) is 5.32 Å². The van der Waals surface area contributed by atoms with Crippen LogP contribution in [0.4, 0.5) is 0 Å². The molecule has 2 heteroatoms. The van der Waals surface area contributed by atoms with Gasteiger partial charge in [0.05, 0.1) is 0 Å². The highest BCUT2D eigenvalue weighted by atomic mass is 14.9. The summed E-state index contributed by atoms with van der Waals surface area (Å²) in [4.78, 5) is 0. The maximum Gasteiger partial charge on any atom is 0.0232 e. The van der Waals surface area contributed by atoms with Crippen LogP contribution in [0.15, 0.2) is 11.9 Å². The van der Waals surface area contributed by atoms with Gasteiger partial charge in [-0.05, 0) is 13.8 Å². The normalized spacial score (nSPS) is 11.4. The van der Waals surface area contributed by atoms with Gasteiger partial charge in [0.1, 0.15) is 0 Å². The molecule has 7 heavy (non-hydrogen) atoms. The van der Waals surface area contributed by atoms with E-state index in [0.29, 0.717) is 0 Å². The molecule has 0 amide bonds. The molecule has 0 atom stereocenters. The van der Waals surface area contributed by atoms with Crippen LogP contribution in [-0.2, 0) is 0 Å². The summed E-state index contributed by atoms with van der Waals surface area (Å²) in [6.45, 7) is 4.91. The van der Waals surface area contributed by atoms with E-state index in [-0.39, 0.29) is 0 Å². The molecule has 2 nitrogen and oxygen atoms in total. The van der Waals surface area contributed by atoms with Crippen molar-refractivity contribution in [3.8, 4) is 0 Å². The van der Waals surface area contributed by atoms with E-state index in [1.807, 2.05) is 13.8 Å². The average Bonchev–Trinajstić information content (AvgIpc) is 1.68.